The molecule has 0 N–H and O–H groups in total. The van der Waals surface area contributed by atoms with Crippen LogP contribution >= 0.6 is 0 Å². The van der Waals surface area contributed by atoms with E-state index in [0.717, 1.165) is 18.9 Å². The van der Waals surface area contributed by atoms with Crippen LogP contribution in [0.4, 0.5) is 0 Å². The Balaban J connectivity index is 2.32. The Hall–Kier alpha value is -1.57. The summed E-state index contributed by atoms with van der Waals surface area (Å²) in [6, 6.07) is 9.94. The first-order chi connectivity index (χ1) is 6.29. The van der Waals surface area contributed by atoms with E-state index in [1.54, 1.807) is 6.08 Å². The molecule has 1 rings (SSSR count). The molecule has 68 valence electrons. The molecule has 0 saturated heterocycles. The zero-order valence-electron chi connectivity index (χ0n) is 7.27. The minimum Gasteiger partial charge on any atom is -0.545 e. The lowest BCUT2D eigenvalue weighted by Gasteiger charge is -1.96. The van der Waals surface area contributed by atoms with Gasteiger partial charge in [0, 0.05) is 0 Å². The molecule has 0 spiro atoms. The zero-order chi connectivity index (χ0) is 9.52. The van der Waals surface area contributed by atoms with Crippen molar-refractivity contribution in [2.75, 3.05) is 0 Å². The smallest absolute Gasteiger partial charge is 0.0639 e. The van der Waals surface area contributed by atoms with Crippen LogP contribution < -0.4 is 5.11 Å². The lowest BCUT2D eigenvalue weighted by Crippen LogP contribution is -2.18. The Bertz CT molecular complexity index is 288. The largest absolute Gasteiger partial charge is 0.545 e. The summed E-state index contributed by atoms with van der Waals surface area (Å²) in [4.78, 5) is 10.0. The monoisotopic (exact) mass is 175 g/mol. The summed E-state index contributed by atoms with van der Waals surface area (Å²) in [5.41, 5.74) is 1.21. The van der Waals surface area contributed by atoms with Gasteiger partial charge in [0.15, 0.2) is 0 Å². The molecule has 0 amide bonds. The predicted molar refractivity (Wildman–Crippen MR) is 48.9 cm³/mol. The van der Waals surface area contributed by atoms with Crippen LogP contribution in [-0.2, 0) is 11.2 Å². The highest BCUT2D eigenvalue weighted by molar-refractivity contribution is 5.77. The number of carboxylic acids is 1. The van der Waals surface area contributed by atoms with Gasteiger partial charge in [0.25, 0.3) is 0 Å². The molecule has 0 fully saturated rings. The second kappa shape index (κ2) is 5.14. The highest BCUT2D eigenvalue weighted by Gasteiger charge is 1.87. The average molecular weight is 175 g/mol. The Morgan fingerprint density at radius 2 is 2.00 bits per heavy atom. The molecule has 0 aromatic heterocycles. The van der Waals surface area contributed by atoms with Crippen LogP contribution in [0.2, 0.25) is 0 Å². The summed E-state index contributed by atoms with van der Waals surface area (Å²) in [6.45, 7) is 0. The maximum absolute atomic E-state index is 10.0. The van der Waals surface area contributed by atoms with E-state index in [-0.39, 0.29) is 0 Å². The minimum atomic E-state index is -1.13. The third kappa shape index (κ3) is 4.11. The maximum atomic E-state index is 10.0. The van der Waals surface area contributed by atoms with E-state index in [9.17, 15) is 9.90 Å². The molecule has 0 aliphatic carbocycles. The number of carboxylic acid groups (broad SMARTS) is 1. The van der Waals surface area contributed by atoms with Crippen molar-refractivity contribution in [3.05, 3.63) is 48.0 Å². The van der Waals surface area contributed by atoms with Crippen molar-refractivity contribution < 1.29 is 9.90 Å². The molecule has 0 aliphatic rings. The van der Waals surface area contributed by atoms with Crippen LogP contribution in [0.3, 0.4) is 0 Å². The van der Waals surface area contributed by atoms with Gasteiger partial charge in [-0.15, -0.1) is 0 Å². The molecule has 0 saturated carbocycles. The Morgan fingerprint density at radius 1 is 1.31 bits per heavy atom. The highest BCUT2D eigenvalue weighted by Crippen LogP contribution is 2.02. The van der Waals surface area contributed by atoms with Gasteiger partial charge >= 0.3 is 0 Å². The summed E-state index contributed by atoms with van der Waals surface area (Å²) in [6.07, 6.45) is 4.29. The van der Waals surface area contributed by atoms with Gasteiger partial charge < -0.3 is 9.90 Å². The molecule has 0 bridgehead atoms. The van der Waals surface area contributed by atoms with E-state index < -0.39 is 5.97 Å². The second-order valence-corrected chi connectivity index (χ2v) is 2.75. The van der Waals surface area contributed by atoms with Crippen molar-refractivity contribution in [3.8, 4) is 0 Å². The topological polar surface area (TPSA) is 40.1 Å². The number of aliphatic carboxylic acids is 1. The average Bonchev–Trinajstić information content (AvgIpc) is 2.14. The molecule has 0 aliphatic heterocycles. The summed E-state index contributed by atoms with van der Waals surface area (Å²) in [7, 11) is 0. The molecule has 2 heteroatoms. The van der Waals surface area contributed by atoms with Gasteiger partial charge in [-0.25, -0.2) is 0 Å². The van der Waals surface area contributed by atoms with Crippen LogP contribution in [0.1, 0.15) is 12.0 Å². The number of hydrogen-bond acceptors (Lipinski definition) is 2. The van der Waals surface area contributed by atoms with Crippen molar-refractivity contribution >= 4 is 5.97 Å². The van der Waals surface area contributed by atoms with Crippen molar-refractivity contribution in [2.24, 2.45) is 0 Å². The number of hydrogen-bond donors (Lipinski definition) is 0. The fourth-order valence-electron chi connectivity index (χ4n) is 1.07. The van der Waals surface area contributed by atoms with Crippen molar-refractivity contribution in [1.29, 1.82) is 0 Å². The summed E-state index contributed by atoms with van der Waals surface area (Å²) < 4.78 is 0. The van der Waals surface area contributed by atoms with Crippen LogP contribution in [0.25, 0.3) is 0 Å². The number of rotatable bonds is 4. The van der Waals surface area contributed by atoms with Gasteiger partial charge in [0.2, 0.25) is 0 Å². The first kappa shape index (κ1) is 9.52. The Kier molecular flexibility index (Phi) is 3.76. The van der Waals surface area contributed by atoms with Gasteiger partial charge in [-0.2, -0.15) is 0 Å². The molecule has 0 atom stereocenters. The fourth-order valence-corrected chi connectivity index (χ4v) is 1.07. The van der Waals surface area contributed by atoms with Gasteiger partial charge in [-0.3, -0.25) is 0 Å². The van der Waals surface area contributed by atoms with Gasteiger partial charge in [0.1, 0.15) is 0 Å². The lowest BCUT2D eigenvalue weighted by molar-refractivity contribution is -0.297. The van der Waals surface area contributed by atoms with E-state index in [4.69, 9.17) is 0 Å². The number of carbonyl (C=O) groups excluding carboxylic acids is 1. The third-order valence-corrected chi connectivity index (χ3v) is 1.70. The fraction of sp³-hybridized carbons (Fsp3) is 0.182. The zero-order valence-corrected chi connectivity index (χ0v) is 7.27. The lowest BCUT2D eigenvalue weighted by atomic mass is 10.1. The van der Waals surface area contributed by atoms with Gasteiger partial charge in [-0.05, 0) is 24.5 Å². The molecule has 1 aromatic rings. The highest BCUT2D eigenvalue weighted by atomic mass is 16.4. The van der Waals surface area contributed by atoms with E-state index >= 15 is 0 Å². The van der Waals surface area contributed by atoms with Crippen LogP contribution in [0, 0.1) is 0 Å². The van der Waals surface area contributed by atoms with Gasteiger partial charge in [0.05, 0.1) is 5.97 Å². The molecule has 0 heterocycles. The maximum Gasteiger partial charge on any atom is 0.0639 e. The SMILES string of the molecule is O=C([O-])/C=C/CCc1ccccc1. The molecule has 2 nitrogen and oxygen atoms in total. The second-order valence-electron chi connectivity index (χ2n) is 2.75. The molecule has 0 unspecified atom stereocenters. The van der Waals surface area contributed by atoms with Crippen LogP contribution in [0.5, 0.6) is 0 Å². The molecular weight excluding hydrogens is 164 g/mol. The predicted octanol–water partition coefficient (Wildman–Crippen LogP) is 0.925. The van der Waals surface area contributed by atoms with E-state index in [0.29, 0.717) is 0 Å². The van der Waals surface area contributed by atoms with Crippen molar-refractivity contribution in [2.45, 2.75) is 12.8 Å². The van der Waals surface area contributed by atoms with Crippen molar-refractivity contribution in [3.63, 3.8) is 0 Å². The Labute approximate surface area is 77.5 Å². The van der Waals surface area contributed by atoms with Crippen molar-refractivity contribution in [1.82, 2.24) is 0 Å². The first-order valence-electron chi connectivity index (χ1n) is 4.20. The quantitative estimate of drug-likeness (QED) is 0.638. The summed E-state index contributed by atoms with van der Waals surface area (Å²) in [5.74, 6) is -1.13. The number of carbonyl (C=O) groups is 1. The van der Waals surface area contributed by atoms with E-state index in [1.807, 2.05) is 30.3 Å². The van der Waals surface area contributed by atoms with Crippen LogP contribution in [0.15, 0.2) is 42.5 Å². The normalized spacial score (nSPS) is 10.5. The number of aryl methyl sites for hydroxylation is 1. The minimum absolute atomic E-state index is 0.734. The van der Waals surface area contributed by atoms with Crippen LogP contribution in [-0.4, -0.2) is 5.97 Å². The number of allylic oxidation sites excluding steroid dienone is 1. The Morgan fingerprint density at radius 3 is 2.62 bits per heavy atom. The van der Waals surface area contributed by atoms with E-state index in [1.165, 1.54) is 5.56 Å². The summed E-state index contributed by atoms with van der Waals surface area (Å²) >= 11 is 0. The molecule has 13 heavy (non-hydrogen) atoms. The third-order valence-electron chi connectivity index (χ3n) is 1.70. The molecule has 0 radical (unpaired) electrons. The number of benzene rings is 1. The summed E-state index contributed by atoms with van der Waals surface area (Å²) in [5, 5.41) is 10.0. The molecule has 1 aromatic carbocycles. The first-order valence-corrected chi connectivity index (χ1v) is 4.20. The van der Waals surface area contributed by atoms with Gasteiger partial charge in [-0.1, -0.05) is 36.4 Å². The van der Waals surface area contributed by atoms with E-state index in [2.05, 4.69) is 0 Å². The standard InChI is InChI=1S/C11H12O2/c12-11(13)9-5-4-8-10-6-2-1-3-7-10/h1-3,5-7,9H,4,8H2,(H,12,13)/p-1/b9-5+. The molecular formula is C11H11O2-.